The van der Waals surface area contributed by atoms with Crippen LogP contribution in [-0.2, 0) is 0 Å². The summed E-state index contributed by atoms with van der Waals surface area (Å²) >= 11 is 0. The number of hydrogen-bond acceptors (Lipinski definition) is 2. The summed E-state index contributed by atoms with van der Waals surface area (Å²) in [5.74, 6) is 0. The van der Waals surface area contributed by atoms with E-state index in [0.29, 0.717) is 13.1 Å². The van der Waals surface area contributed by atoms with E-state index in [2.05, 4.69) is 12.8 Å². The molecule has 0 saturated heterocycles. The van der Waals surface area contributed by atoms with Gasteiger partial charge in [0.05, 0.1) is 0 Å². The second kappa shape index (κ2) is 36.3. The van der Waals surface area contributed by atoms with E-state index in [0.717, 1.165) is 0 Å². The van der Waals surface area contributed by atoms with Crippen molar-refractivity contribution in [1.82, 2.24) is 0 Å². The van der Waals surface area contributed by atoms with Gasteiger partial charge in [-0.2, -0.15) is 0 Å². The molecule has 1 radical (unpaired) electrons. The normalized spacial score (nSPS) is 4.57. The molecule has 0 rings (SSSR count). The Hall–Kier alpha value is 0.0774. The molecule has 4 N–H and O–H groups in total. The third-order valence-electron chi connectivity index (χ3n) is 0.167. The Morgan fingerprint density at radius 2 is 1.14 bits per heavy atom. The number of hydrogen-bond donors (Lipinski definition) is 2. The van der Waals surface area contributed by atoms with Crippen molar-refractivity contribution in [3.05, 3.63) is 0 Å². The molecule has 0 bridgehead atoms. The Labute approximate surface area is 56.8 Å². The zero-order valence-electron chi connectivity index (χ0n) is 4.72. The van der Waals surface area contributed by atoms with Gasteiger partial charge in [0.1, 0.15) is 0 Å². The topological polar surface area (TPSA) is 52.0 Å². The van der Waals surface area contributed by atoms with E-state index in [1.807, 2.05) is 0 Å². The summed E-state index contributed by atoms with van der Waals surface area (Å²) in [7, 11) is 0. The molecule has 37 valence electrons. The second-order valence-corrected chi connectivity index (χ2v) is 0.577. The van der Waals surface area contributed by atoms with Gasteiger partial charge < -0.3 is 11.5 Å². The molecule has 0 atom stereocenters. The van der Waals surface area contributed by atoms with Gasteiger partial charge in [-0.05, 0) is 0 Å². The minimum atomic E-state index is 0. The first-order valence-electron chi connectivity index (χ1n) is 1.65. The van der Waals surface area contributed by atoms with Gasteiger partial charge in [-0.1, -0.05) is 0 Å². The van der Waals surface area contributed by atoms with Gasteiger partial charge in [0.15, 0.2) is 0 Å². The van der Waals surface area contributed by atoms with E-state index in [1.54, 1.807) is 0 Å². The molecule has 0 unspecified atom stereocenters. The zero-order valence-corrected chi connectivity index (χ0v) is 4.72. The second-order valence-electron chi connectivity index (χ2n) is 0.577. The Morgan fingerprint density at radius 3 is 1.14 bits per heavy atom. The molecule has 0 aliphatic carbocycles. The molecule has 0 aromatic heterocycles. The van der Waals surface area contributed by atoms with Crippen molar-refractivity contribution in [2.75, 3.05) is 13.1 Å². The fourth-order valence-electron chi connectivity index (χ4n) is 0. The molecule has 0 saturated carbocycles. The van der Waals surface area contributed by atoms with Crippen LogP contribution in [0.5, 0.6) is 0 Å². The maximum Gasteiger partial charge on any atom is 0.00461 e. The summed E-state index contributed by atoms with van der Waals surface area (Å²) in [6.45, 7) is 1.19. The van der Waals surface area contributed by atoms with Gasteiger partial charge in [0, 0.05) is 32.0 Å². The van der Waals surface area contributed by atoms with Crippen LogP contribution in [0.4, 0.5) is 0 Å². The van der Waals surface area contributed by atoms with E-state index >= 15 is 0 Å². The standard InChI is InChI=1S/C2H8N2.C2H2.Li/c3-1-2-4;1-2;/h1-4H2;1-2H;. The number of rotatable bonds is 1. The zero-order chi connectivity index (χ0) is 5.41. The molecule has 0 aromatic carbocycles. The van der Waals surface area contributed by atoms with Gasteiger partial charge in [-0.15, -0.1) is 12.8 Å². The average molecular weight is 93.1 g/mol. The molecule has 3 heteroatoms. The smallest absolute Gasteiger partial charge is 0.00461 e. The summed E-state index contributed by atoms with van der Waals surface area (Å²) in [5, 5.41) is 0. The van der Waals surface area contributed by atoms with Gasteiger partial charge in [0.25, 0.3) is 0 Å². The maximum atomic E-state index is 4.90. The fraction of sp³-hybridized carbons (Fsp3) is 0.500. The van der Waals surface area contributed by atoms with Crippen molar-refractivity contribution in [2.24, 2.45) is 11.5 Å². The van der Waals surface area contributed by atoms with Crippen LogP contribution in [0.2, 0.25) is 0 Å². The van der Waals surface area contributed by atoms with Crippen LogP contribution in [0.3, 0.4) is 0 Å². The quantitative estimate of drug-likeness (QED) is 0.315. The van der Waals surface area contributed by atoms with Gasteiger partial charge in [0.2, 0.25) is 0 Å². The van der Waals surface area contributed by atoms with Crippen LogP contribution >= 0.6 is 0 Å². The fourth-order valence-corrected chi connectivity index (χ4v) is 0. The van der Waals surface area contributed by atoms with Crippen molar-refractivity contribution >= 4 is 18.9 Å². The third kappa shape index (κ3) is 87.0. The summed E-state index contributed by atoms with van der Waals surface area (Å²) < 4.78 is 0. The largest absolute Gasteiger partial charge is 0.329 e. The van der Waals surface area contributed by atoms with Crippen molar-refractivity contribution in [3.8, 4) is 12.8 Å². The van der Waals surface area contributed by atoms with Crippen molar-refractivity contribution in [1.29, 1.82) is 0 Å². The molecular formula is C4H10LiN2. The molecule has 0 aliphatic heterocycles. The molecule has 0 fully saturated rings. The van der Waals surface area contributed by atoms with Crippen molar-refractivity contribution in [3.63, 3.8) is 0 Å². The maximum absolute atomic E-state index is 4.90. The Morgan fingerprint density at radius 1 is 1.00 bits per heavy atom. The molecule has 0 amide bonds. The van der Waals surface area contributed by atoms with Gasteiger partial charge in [-0.3, -0.25) is 0 Å². The predicted octanol–water partition coefficient (Wildman–Crippen LogP) is -1.23. The van der Waals surface area contributed by atoms with Crippen LogP contribution in [0.1, 0.15) is 0 Å². The van der Waals surface area contributed by atoms with Crippen LogP contribution in [0.15, 0.2) is 0 Å². The minimum absolute atomic E-state index is 0. The Balaban J connectivity index is -0.0000000480. The number of terminal acetylenes is 1. The van der Waals surface area contributed by atoms with E-state index in [9.17, 15) is 0 Å². The predicted molar refractivity (Wildman–Crippen MR) is 33.8 cm³/mol. The molecular weight excluding hydrogens is 83.0 g/mol. The van der Waals surface area contributed by atoms with E-state index in [-0.39, 0.29) is 18.9 Å². The Kier molecular flexibility index (Phi) is 81.5. The average Bonchev–Trinajstić information content (AvgIpc) is 1.72. The molecule has 2 nitrogen and oxygen atoms in total. The molecule has 7 heavy (non-hydrogen) atoms. The van der Waals surface area contributed by atoms with E-state index < -0.39 is 0 Å². The first-order chi connectivity index (χ1) is 2.91. The Bertz CT molecular complexity index is 26.1. The van der Waals surface area contributed by atoms with Crippen molar-refractivity contribution < 1.29 is 0 Å². The van der Waals surface area contributed by atoms with E-state index in [1.165, 1.54) is 0 Å². The first-order valence-corrected chi connectivity index (χ1v) is 1.65. The minimum Gasteiger partial charge on any atom is -0.329 e. The molecule has 0 aromatic rings. The summed E-state index contributed by atoms with van der Waals surface area (Å²) in [6.07, 6.45) is 8.00. The number of nitrogens with two attached hydrogens (primary N) is 2. The SMILES string of the molecule is C#C.NCCN.[Li]. The monoisotopic (exact) mass is 93.1 g/mol. The van der Waals surface area contributed by atoms with Crippen LogP contribution < -0.4 is 11.5 Å². The van der Waals surface area contributed by atoms with Crippen molar-refractivity contribution in [2.45, 2.75) is 0 Å². The van der Waals surface area contributed by atoms with Crippen LogP contribution in [0.25, 0.3) is 0 Å². The summed E-state index contributed by atoms with van der Waals surface area (Å²) in [4.78, 5) is 0. The summed E-state index contributed by atoms with van der Waals surface area (Å²) in [5.41, 5.74) is 9.81. The van der Waals surface area contributed by atoms with E-state index in [4.69, 9.17) is 11.5 Å². The summed E-state index contributed by atoms with van der Waals surface area (Å²) in [6, 6.07) is 0. The molecule has 0 aliphatic rings. The third-order valence-corrected chi connectivity index (χ3v) is 0.167. The van der Waals surface area contributed by atoms with Gasteiger partial charge >= 0.3 is 0 Å². The first kappa shape index (κ1) is 15.7. The van der Waals surface area contributed by atoms with Crippen LogP contribution in [-0.4, -0.2) is 32.0 Å². The van der Waals surface area contributed by atoms with Gasteiger partial charge in [-0.25, -0.2) is 0 Å². The molecule has 0 spiro atoms. The molecule has 0 heterocycles. The van der Waals surface area contributed by atoms with Crippen LogP contribution in [0, 0.1) is 12.8 Å².